The molecule has 1 aromatic rings. The molecule has 0 aliphatic rings. The number of rotatable bonds is 5. The Balaban J connectivity index is 2.85. The Kier molecular flexibility index (Phi) is 4.95. The number of hydrogen-bond acceptors (Lipinski definition) is 1. The van der Waals surface area contributed by atoms with Crippen molar-refractivity contribution in [1.29, 1.82) is 0 Å². The maximum atomic E-state index is 3.78. The van der Waals surface area contributed by atoms with E-state index in [-0.39, 0.29) is 0 Å². The first-order chi connectivity index (χ1) is 7.95. The molecule has 1 heteroatoms. The highest BCUT2D eigenvalue weighted by Gasteiger charge is 2.11. The van der Waals surface area contributed by atoms with Gasteiger partial charge in [-0.3, -0.25) is 0 Å². The number of aryl methyl sites for hydroxylation is 3. The Morgan fingerprint density at radius 3 is 2.29 bits per heavy atom. The van der Waals surface area contributed by atoms with Gasteiger partial charge < -0.3 is 5.32 Å². The second-order valence-electron chi connectivity index (χ2n) is 5.11. The van der Waals surface area contributed by atoms with Crippen LogP contribution in [0.3, 0.4) is 0 Å². The van der Waals surface area contributed by atoms with Gasteiger partial charge in [-0.05, 0) is 63.3 Å². The molecule has 0 aliphatic heterocycles. The van der Waals surface area contributed by atoms with Gasteiger partial charge in [-0.2, -0.15) is 0 Å². The Labute approximate surface area is 106 Å². The van der Waals surface area contributed by atoms with Crippen LogP contribution in [0.2, 0.25) is 0 Å². The number of benzene rings is 1. The summed E-state index contributed by atoms with van der Waals surface area (Å²) in [7, 11) is 0. The fourth-order valence-corrected chi connectivity index (χ4v) is 2.28. The van der Waals surface area contributed by atoms with E-state index >= 15 is 0 Å². The molecule has 0 aromatic heterocycles. The lowest BCUT2D eigenvalue weighted by atomic mass is 9.96. The van der Waals surface area contributed by atoms with Gasteiger partial charge in [-0.15, -0.1) is 6.58 Å². The molecule has 0 saturated heterocycles. The molecule has 0 bridgehead atoms. The molecule has 1 aromatic carbocycles. The van der Waals surface area contributed by atoms with Gasteiger partial charge >= 0.3 is 0 Å². The molecular formula is C16H25N. The van der Waals surface area contributed by atoms with Crippen molar-refractivity contribution in [3.05, 3.63) is 47.0 Å². The fourth-order valence-electron chi connectivity index (χ4n) is 2.28. The van der Waals surface area contributed by atoms with Crippen molar-refractivity contribution in [2.75, 3.05) is 0 Å². The van der Waals surface area contributed by atoms with E-state index < -0.39 is 0 Å². The quantitative estimate of drug-likeness (QED) is 0.748. The van der Waals surface area contributed by atoms with E-state index in [9.17, 15) is 0 Å². The summed E-state index contributed by atoms with van der Waals surface area (Å²) in [5, 5.41) is 3.61. The Bertz CT molecular complexity index is 393. The van der Waals surface area contributed by atoms with Crippen LogP contribution >= 0.6 is 0 Å². The summed E-state index contributed by atoms with van der Waals surface area (Å²) in [6, 6.07) is 5.46. The van der Waals surface area contributed by atoms with Gasteiger partial charge in [-0.25, -0.2) is 0 Å². The number of nitrogens with one attached hydrogen (secondary N) is 1. The first-order valence-electron chi connectivity index (χ1n) is 6.40. The summed E-state index contributed by atoms with van der Waals surface area (Å²) in [5.41, 5.74) is 5.52. The first-order valence-corrected chi connectivity index (χ1v) is 6.40. The Morgan fingerprint density at radius 2 is 1.71 bits per heavy atom. The average molecular weight is 231 g/mol. The third-order valence-corrected chi connectivity index (χ3v) is 3.40. The minimum absolute atomic E-state index is 0.393. The molecule has 0 heterocycles. The molecule has 2 atom stereocenters. The second kappa shape index (κ2) is 6.02. The summed E-state index contributed by atoms with van der Waals surface area (Å²) in [6.45, 7) is 14.8. The van der Waals surface area contributed by atoms with Gasteiger partial charge in [-0.1, -0.05) is 18.2 Å². The molecule has 2 unspecified atom stereocenters. The first kappa shape index (κ1) is 14.0. The molecule has 0 fully saturated rings. The summed E-state index contributed by atoms with van der Waals surface area (Å²) in [6.07, 6.45) is 2.98. The van der Waals surface area contributed by atoms with Crippen molar-refractivity contribution in [1.82, 2.24) is 5.32 Å². The van der Waals surface area contributed by atoms with Gasteiger partial charge in [0.25, 0.3) is 0 Å². The lowest BCUT2D eigenvalue weighted by Gasteiger charge is -2.22. The van der Waals surface area contributed by atoms with Crippen molar-refractivity contribution in [2.24, 2.45) is 0 Å². The van der Waals surface area contributed by atoms with Gasteiger partial charge in [0.2, 0.25) is 0 Å². The van der Waals surface area contributed by atoms with Crippen molar-refractivity contribution in [3.63, 3.8) is 0 Å². The predicted octanol–water partition coefficient (Wildman–Crippen LogP) is 4.23. The predicted molar refractivity (Wildman–Crippen MR) is 76.5 cm³/mol. The van der Waals surface area contributed by atoms with Crippen molar-refractivity contribution in [2.45, 2.75) is 53.1 Å². The van der Waals surface area contributed by atoms with Crippen LogP contribution in [0.1, 0.15) is 48.6 Å². The topological polar surface area (TPSA) is 12.0 Å². The highest BCUT2D eigenvalue weighted by atomic mass is 14.9. The van der Waals surface area contributed by atoms with Crippen LogP contribution in [-0.4, -0.2) is 6.04 Å². The van der Waals surface area contributed by atoms with Crippen LogP contribution in [0.5, 0.6) is 0 Å². The zero-order chi connectivity index (χ0) is 13.0. The van der Waals surface area contributed by atoms with Gasteiger partial charge in [0.1, 0.15) is 0 Å². The van der Waals surface area contributed by atoms with E-state index in [0.29, 0.717) is 12.1 Å². The highest BCUT2D eigenvalue weighted by Crippen LogP contribution is 2.22. The van der Waals surface area contributed by atoms with Crippen LogP contribution in [0.4, 0.5) is 0 Å². The molecule has 17 heavy (non-hydrogen) atoms. The summed E-state index contributed by atoms with van der Waals surface area (Å²) >= 11 is 0. The maximum absolute atomic E-state index is 3.78. The SMILES string of the molecule is C=CCC(C)NC(C)c1cc(C)c(C)cc1C. The van der Waals surface area contributed by atoms with Crippen molar-refractivity contribution >= 4 is 0 Å². The molecule has 0 radical (unpaired) electrons. The number of hydrogen-bond donors (Lipinski definition) is 1. The monoisotopic (exact) mass is 231 g/mol. The summed E-state index contributed by atoms with van der Waals surface area (Å²) in [4.78, 5) is 0. The van der Waals surface area contributed by atoms with Crippen LogP contribution < -0.4 is 5.32 Å². The molecule has 1 nitrogen and oxygen atoms in total. The van der Waals surface area contributed by atoms with E-state index in [0.717, 1.165) is 6.42 Å². The minimum atomic E-state index is 0.393. The third kappa shape index (κ3) is 3.71. The van der Waals surface area contributed by atoms with E-state index in [1.54, 1.807) is 0 Å². The van der Waals surface area contributed by atoms with Gasteiger partial charge in [0.05, 0.1) is 0 Å². The highest BCUT2D eigenvalue weighted by molar-refractivity contribution is 5.38. The Morgan fingerprint density at radius 1 is 1.12 bits per heavy atom. The van der Waals surface area contributed by atoms with Crippen LogP contribution in [0.15, 0.2) is 24.8 Å². The fraction of sp³-hybridized carbons (Fsp3) is 0.500. The van der Waals surface area contributed by atoms with E-state index in [4.69, 9.17) is 0 Å². The second-order valence-corrected chi connectivity index (χ2v) is 5.11. The molecule has 0 aliphatic carbocycles. The Hall–Kier alpha value is -1.08. The molecule has 1 N–H and O–H groups in total. The molecule has 0 saturated carbocycles. The summed E-state index contributed by atoms with van der Waals surface area (Å²) in [5.74, 6) is 0. The smallest absolute Gasteiger partial charge is 0.0297 e. The summed E-state index contributed by atoms with van der Waals surface area (Å²) < 4.78 is 0. The molecule has 94 valence electrons. The van der Waals surface area contributed by atoms with Crippen LogP contribution in [0, 0.1) is 20.8 Å². The molecule has 0 spiro atoms. The molecule has 1 rings (SSSR count). The molecular weight excluding hydrogens is 206 g/mol. The maximum Gasteiger partial charge on any atom is 0.0297 e. The van der Waals surface area contributed by atoms with Gasteiger partial charge in [0, 0.05) is 12.1 Å². The van der Waals surface area contributed by atoms with Crippen LogP contribution in [-0.2, 0) is 0 Å². The largest absolute Gasteiger partial charge is 0.307 e. The van der Waals surface area contributed by atoms with Crippen molar-refractivity contribution < 1.29 is 0 Å². The lowest BCUT2D eigenvalue weighted by Crippen LogP contribution is -2.28. The lowest BCUT2D eigenvalue weighted by molar-refractivity contribution is 0.481. The van der Waals surface area contributed by atoms with Gasteiger partial charge in [0.15, 0.2) is 0 Å². The zero-order valence-corrected chi connectivity index (χ0v) is 11.8. The molecule has 0 amide bonds. The van der Waals surface area contributed by atoms with E-state index in [1.165, 1.54) is 22.3 Å². The zero-order valence-electron chi connectivity index (χ0n) is 11.8. The average Bonchev–Trinajstić information content (AvgIpc) is 2.23. The third-order valence-electron chi connectivity index (χ3n) is 3.40. The minimum Gasteiger partial charge on any atom is -0.307 e. The standard InChI is InChI=1S/C16H25N/c1-7-8-14(5)17-15(6)16-10-12(3)11(2)9-13(16)4/h7,9-10,14-15,17H,1,8H2,2-6H3. The van der Waals surface area contributed by atoms with E-state index in [2.05, 4.69) is 58.6 Å². The van der Waals surface area contributed by atoms with Crippen LogP contribution in [0.25, 0.3) is 0 Å². The van der Waals surface area contributed by atoms with E-state index in [1.807, 2.05) is 6.08 Å². The van der Waals surface area contributed by atoms with Crippen molar-refractivity contribution in [3.8, 4) is 0 Å². The normalized spacial score (nSPS) is 14.4.